The second-order valence-corrected chi connectivity index (χ2v) is 28.6. The average molecular weight is 1270 g/mol. The van der Waals surface area contributed by atoms with Gasteiger partial charge in [0, 0.05) is 17.3 Å². The molecule has 4 aliphatic carbocycles. The molecule has 9 rings (SSSR count). The van der Waals surface area contributed by atoms with Gasteiger partial charge in [-0.05, 0) is 99.7 Å². The minimum Gasteiger partial charge on any atom is -0.394 e. The van der Waals surface area contributed by atoms with Crippen molar-refractivity contribution in [2.24, 2.45) is 45.3 Å². The molecular weight excluding hydrogens is 1170 g/mol. The van der Waals surface area contributed by atoms with E-state index in [1.54, 1.807) is 0 Å². The molecule has 8 fully saturated rings. The Morgan fingerprint density at radius 3 is 1.64 bits per heavy atom. The highest BCUT2D eigenvalue weighted by Crippen LogP contribution is 2.75. The van der Waals surface area contributed by atoms with Crippen LogP contribution >= 0.6 is 0 Å². The lowest BCUT2D eigenvalue weighted by molar-refractivity contribution is -0.392. The number of fused-ring (bicyclic) bond motifs is 5. The molecule has 0 aromatic rings. The minimum atomic E-state index is -2.01. The van der Waals surface area contributed by atoms with E-state index in [1.807, 2.05) is 0 Å². The Bertz CT molecular complexity index is 2310. The largest absolute Gasteiger partial charge is 0.394 e. The normalized spacial score (nSPS) is 51.4. The zero-order valence-electron chi connectivity index (χ0n) is 51.5. The fourth-order valence-electron chi connectivity index (χ4n) is 17.1. The van der Waals surface area contributed by atoms with Crippen molar-refractivity contribution >= 4 is 0 Å². The third-order valence-electron chi connectivity index (χ3n) is 22.8. The van der Waals surface area contributed by atoms with Crippen LogP contribution in [0.1, 0.15) is 113 Å². The molecule has 510 valence electrons. The van der Waals surface area contributed by atoms with Crippen molar-refractivity contribution in [2.45, 2.75) is 285 Å². The van der Waals surface area contributed by atoms with E-state index in [1.165, 1.54) is 13.8 Å². The number of aliphatic hydroxyl groups excluding tert-OH is 17. The Hall–Kier alpha value is -1.38. The van der Waals surface area contributed by atoms with Gasteiger partial charge in [-0.15, -0.1) is 0 Å². The third kappa shape index (κ3) is 12.8. The third-order valence-corrected chi connectivity index (χ3v) is 22.8. The van der Waals surface area contributed by atoms with E-state index in [2.05, 4.69) is 47.6 Å². The van der Waals surface area contributed by atoms with Gasteiger partial charge in [0.1, 0.15) is 110 Å². The first kappa shape index (κ1) is 70.9. The molecule has 28 heteroatoms. The van der Waals surface area contributed by atoms with E-state index in [-0.39, 0.29) is 40.9 Å². The van der Waals surface area contributed by atoms with Crippen LogP contribution in [0.5, 0.6) is 0 Å². The van der Waals surface area contributed by atoms with Crippen molar-refractivity contribution in [3.8, 4) is 0 Å². The first-order valence-electron chi connectivity index (χ1n) is 31.5. The molecular formula is C60H102O28. The molecule has 3 saturated carbocycles. The fourth-order valence-corrected chi connectivity index (χ4v) is 17.1. The summed E-state index contributed by atoms with van der Waals surface area (Å²) < 4.78 is 61.1. The van der Waals surface area contributed by atoms with E-state index in [0.29, 0.717) is 32.1 Å². The SMILES string of the molecule is C[C@H](CC[C@@H](O[C@@H]1O[C@H](CO[C@H]2O[C@H](CO)[C@@H](O)[C@H](O)[C@H]2O)[C@@H](O[C@@H]2C[C@@H](O)[C@H](O)[C@@H](CO)O2)[C@H](O)[C@H]1O[C@@H]1O[C@H](CO)[C@@H](O)[C@H](O)[C@H]1O)C(C)(C)O)C1CC[C@@]2(C)C3CC=C4C(CC[C@H](O[C@@H]5O[C@H](CO)[C@@H](O)[C@H](O)[C@H]5O)C4(C)C)[C@]3(C)[C@H](O)C[C@]12C. The van der Waals surface area contributed by atoms with Gasteiger partial charge in [0.15, 0.2) is 31.5 Å². The summed E-state index contributed by atoms with van der Waals surface area (Å²) in [5, 5.41) is 195. The number of ether oxygens (including phenoxy) is 10. The predicted octanol–water partition coefficient (Wildman–Crippen LogP) is -4.38. The van der Waals surface area contributed by atoms with Gasteiger partial charge < -0.3 is 139 Å². The Kier molecular flexibility index (Phi) is 22.1. The van der Waals surface area contributed by atoms with Gasteiger partial charge >= 0.3 is 0 Å². The molecule has 34 atom stereocenters. The fraction of sp³-hybridized carbons (Fsp3) is 0.967. The molecule has 5 heterocycles. The Morgan fingerprint density at radius 2 is 1.08 bits per heavy atom. The number of allylic oxidation sites excluding steroid dienone is 1. The maximum Gasteiger partial charge on any atom is 0.187 e. The molecule has 0 radical (unpaired) electrons. The first-order valence-corrected chi connectivity index (χ1v) is 31.5. The van der Waals surface area contributed by atoms with Crippen molar-refractivity contribution in [1.29, 1.82) is 0 Å². The van der Waals surface area contributed by atoms with Gasteiger partial charge in [-0.3, -0.25) is 0 Å². The van der Waals surface area contributed by atoms with E-state index in [4.69, 9.17) is 47.4 Å². The van der Waals surface area contributed by atoms with Crippen LogP contribution in [0.15, 0.2) is 11.6 Å². The Balaban J connectivity index is 0.959. The minimum absolute atomic E-state index is 0.0238. The van der Waals surface area contributed by atoms with Gasteiger partial charge in [-0.25, -0.2) is 0 Å². The van der Waals surface area contributed by atoms with Crippen LogP contribution in [0.2, 0.25) is 0 Å². The predicted molar refractivity (Wildman–Crippen MR) is 299 cm³/mol. The van der Waals surface area contributed by atoms with Crippen molar-refractivity contribution in [3.63, 3.8) is 0 Å². The highest BCUT2D eigenvalue weighted by Gasteiger charge is 2.70. The lowest BCUT2D eigenvalue weighted by Gasteiger charge is -2.67. The summed E-state index contributed by atoms with van der Waals surface area (Å²) in [5.74, 6) is 0.0465. The zero-order valence-corrected chi connectivity index (χ0v) is 51.5. The first-order chi connectivity index (χ1) is 41.2. The molecule has 5 saturated heterocycles. The van der Waals surface area contributed by atoms with E-state index in [9.17, 15) is 91.9 Å². The second kappa shape index (κ2) is 27.4. The van der Waals surface area contributed by atoms with E-state index in [0.717, 1.165) is 18.4 Å². The van der Waals surface area contributed by atoms with Crippen LogP contribution in [-0.4, -0.2) is 296 Å². The van der Waals surface area contributed by atoms with Gasteiger partial charge in [-0.1, -0.05) is 53.2 Å². The van der Waals surface area contributed by atoms with Crippen LogP contribution in [0.3, 0.4) is 0 Å². The molecule has 9 aliphatic rings. The van der Waals surface area contributed by atoms with Gasteiger partial charge in [0.25, 0.3) is 0 Å². The molecule has 5 aliphatic heterocycles. The smallest absolute Gasteiger partial charge is 0.187 e. The van der Waals surface area contributed by atoms with Gasteiger partial charge in [0.2, 0.25) is 0 Å². The molecule has 0 spiro atoms. The monoisotopic (exact) mass is 1270 g/mol. The topological polar surface area (TPSA) is 456 Å². The lowest BCUT2D eigenvalue weighted by atomic mass is 9.38. The van der Waals surface area contributed by atoms with E-state index < -0.39 is 222 Å². The molecule has 0 aromatic carbocycles. The van der Waals surface area contributed by atoms with Crippen LogP contribution in [0.4, 0.5) is 0 Å². The average Bonchev–Trinajstić information content (AvgIpc) is 1.30. The van der Waals surface area contributed by atoms with Gasteiger partial charge in [0.05, 0.1) is 63.1 Å². The maximum absolute atomic E-state index is 12.8. The van der Waals surface area contributed by atoms with Crippen molar-refractivity contribution < 1.29 is 139 Å². The van der Waals surface area contributed by atoms with Gasteiger partial charge in [-0.2, -0.15) is 0 Å². The van der Waals surface area contributed by atoms with Crippen LogP contribution in [-0.2, 0) is 47.4 Å². The molecule has 18 N–H and O–H groups in total. The molecule has 0 aromatic heterocycles. The quantitative estimate of drug-likeness (QED) is 0.0512. The summed E-state index contributed by atoms with van der Waals surface area (Å²) in [6.07, 6.45) is -35.4. The van der Waals surface area contributed by atoms with Crippen molar-refractivity contribution in [2.75, 3.05) is 33.0 Å². The summed E-state index contributed by atoms with van der Waals surface area (Å²) >= 11 is 0. The van der Waals surface area contributed by atoms with Crippen LogP contribution < -0.4 is 0 Å². The highest BCUT2D eigenvalue weighted by molar-refractivity contribution is 5.32. The lowest BCUT2D eigenvalue weighted by Crippen LogP contribution is -2.66. The molecule has 3 unspecified atom stereocenters. The van der Waals surface area contributed by atoms with Crippen molar-refractivity contribution in [1.82, 2.24) is 0 Å². The highest BCUT2D eigenvalue weighted by atomic mass is 16.8. The Morgan fingerprint density at radius 1 is 0.557 bits per heavy atom. The molecule has 0 amide bonds. The molecule has 28 nitrogen and oxygen atoms in total. The summed E-state index contributed by atoms with van der Waals surface area (Å²) in [7, 11) is 0. The summed E-state index contributed by atoms with van der Waals surface area (Å²) in [6.45, 7) is 12.4. The summed E-state index contributed by atoms with van der Waals surface area (Å²) in [4.78, 5) is 0. The maximum atomic E-state index is 12.8. The number of aliphatic hydroxyl groups is 18. The summed E-state index contributed by atoms with van der Waals surface area (Å²) in [5.41, 5.74) is -2.33. The zero-order chi connectivity index (χ0) is 64.7. The van der Waals surface area contributed by atoms with Crippen LogP contribution in [0, 0.1) is 45.3 Å². The second-order valence-electron chi connectivity index (χ2n) is 28.6. The Labute approximate surface area is 512 Å². The number of rotatable bonds is 20. The number of hydrogen-bond acceptors (Lipinski definition) is 28. The van der Waals surface area contributed by atoms with E-state index >= 15 is 0 Å². The van der Waals surface area contributed by atoms with Crippen molar-refractivity contribution in [3.05, 3.63) is 11.6 Å². The van der Waals surface area contributed by atoms with Crippen LogP contribution in [0.25, 0.3) is 0 Å². The number of hydrogen-bond donors (Lipinski definition) is 18. The summed E-state index contributed by atoms with van der Waals surface area (Å²) in [6, 6.07) is 0. The molecule has 0 bridgehead atoms. The standard InChI is InChI=1S/C60H102O28/c1-24(25-15-16-58(6)34-12-10-26-27(60(34,8)35(66)18-59(25,58)7)11-14-36(56(26,2)3)85-53-47(75)44(72)41(69)31(21-63)82-53)9-13-37(57(4,5)78)86-55-51(88-54-48(76)45(73)42(70)32(22-64)83-54)49(77)50(87-38-17-28(65)39(67)29(19-61)80-38)33(84-55)23-79-52-46(74)43(71)40(68)30(20-62)81-52/h10,24-25,27-55,61-78H,9,11-23H2,1-8H3/t24-,25?,27?,28-,29-,30-,31-,32-,33-,34?,35-,36+,37-,38-,39+,40-,41-,42-,43+,44+,45+,46-,47-,48-,49+,50-,51-,52+,53+,54+,55+,58+,59-,60+/m1/s1. The molecule has 88 heavy (non-hydrogen) atoms.